The molecule has 0 saturated heterocycles. The number of cyclic esters (lactones) is 1. The average molecular weight is 397 g/mol. The summed E-state index contributed by atoms with van der Waals surface area (Å²) in [6.45, 7) is 1.32. The van der Waals surface area contributed by atoms with Gasteiger partial charge in [-0.25, -0.2) is 9.79 Å². The molecule has 2 aromatic rings. The summed E-state index contributed by atoms with van der Waals surface area (Å²) < 4.78 is 26.2. The molecule has 8 nitrogen and oxygen atoms in total. The van der Waals surface area contributed by atoms with Crippen LogP contribution in [0.1, 0.15) is 18.1 Å². The Balaban J connectivity index is 1.92. The van der Waals surface area contributed by atoms with Crippen molar-refractivity contribution < 1.29 is 33.3 Å². The van der Waals surface area contributed by atoms with E-state index in [1.807, 2.05) is 0 Å². The summed E-state index contributed by atoms with van der Waals surface area (Å²) in [5.41, 5.74) is 1.33. The summed E-state index contributed by atoms with van der Waals surface area (Å²) in [7, 11) is 4.49. The Bertz CT molecular complexity index is 981. The molecule has 150 valence electrons. The molecule has 0 atom stereocenters. The van der Waals surface area contributed by atoms with Crippen LogP contribution in [0, 0.1) is 0 Å². The fraction of sp³-hybridized carbons (Fsp3) is 0.190. The molecule has 1 aliphatic rings. The minimum Gasteiger partial charge on any atom is -0.493 e. The Morgan fingerprint density at radius 1 is 1.00 bits per heavy atom. The zero-order valence-corrected chi connectivity index (χ0v) is 16.3. The number of carbonyl (C=O) groups is 2. The average Bonchev–Trinajstić information content (AvgIpc) is 3.08. The van der Waals surface area contributed by atoms with Crippen LogP contribution in [-0.2, 0) is 14.3 Å². The minimum absolute atomic E-state index is 0.122. The zero-order chi connectivity index (χ0) is 21.0. The van der Waals surface area contributed by atoms with Gasteiger partial charge in [0.2, 0.25) is 11.6 Å². The van der Waals surface area contributed by atoms with Gasteiger partial charge in [0.15, 0.2) is 17.2 Å². The van der Waals surface area contributed by atoms with Crippen molar-refractivity contribution in [2.45, 2.75) is 6.92 Å². The third-order valence-corrected chi connectivity index (χ3v) is 3.98. The van der Waals surface area contributed by atoms with E-state index in [9.17, 15) is 9.59 Å². The first-order valence-corrected chi connectivity index (χ1v) is 8.56. The van der Waals surface area contributed by atoms with Gasteiger partial charge in [-0.15, -0.1) is 0 Å². The van der Waals surface area contributed by atoms with Crippen molar-refractivity contribution in [3.8, 4) is 23.0 Å². The van der Waals surface area contributed by atoms with E-state index < -0.39 is 11.9 Å². The van der Waals surface area contributed by atoms with Gasteiger partial charge in [-0.2, -0.15) is 0 Å². The summed E-state index contributed by atoms with van der Waals surface area (Å²) in [5, 5.41) is 0. The Kier molecular flexibility index (Phi) is 5.82. The first-order chi connectivity index (χ1) is 13.9. The van der Waals surface area contributed by atoms with E-state index in [2.05, 4.69) is 4.99 Å². The van der Waals surface area contributed by atoms with Crippen LogP contribution in [-0.4, -0.2) is 39.2 Å². The number of carbonyl (C=O) groups excluding carboxylic acids is 2. The molecule has 0 N–H and O–H groups in total. The highest BCUT2D eigenvalue weighted by Gasteiger charge is 2.26. The van der Waals surface area contributed by atoms with Crippen LogP contribution < -0.4 is 18.9 Å². The van der Waals surface area contributed by atoms with E-state index in [-0.39, 0.29) is 11.6 Å². The van der Waals surface area contributed by atoms with Crippen molar-refractivity contribution >= 4 is 23.9 Å². The van der Waals surface area contributed by atoms with Gasteiger partial charge in [0.1, 0.15) is 5.75 Å². The van der Waals surface area contributed by atoms with Crippen molar-refractivity contribution in [3.63, 3.8) is 0 Å². The molecule has 0 saturated carbocycles. The van der Waals surface area contributed by atoms with Crippen LogP contribution in [0.3, 0.4) is 0 Å². The zero-order valence-electron chi connectivity index (χ0n) is 16.3. The third kappa shape index (κ3) is 4.37. The maximum absolute atomic E-state index is 12.2. The predicted molar refractivity (Wildman–Crippen MR) is 104 cm³/mol. The van der Waals surface area contributed by atoms with Crippen LogP contribution in [0.4, 0.5) is 0 Å². The molecule has 0 aliphatic carbocycles. The molecule has 29 heavy (non-hydrogen) atoms. The number of rotatable bonds is 6. The van der Waals surface area contributed by atoms with E-state index in [4.69, 9.17) is 23.7 Å². The quantitative estimate of drug-likeness (QED) is 0.420. The Hall–Kier alpha value is -3.81. The Labute approximate surface area is 167 Å². The van der Waals surface area contributed by atoms with Gasteiger partial charge in [-0.1, -0.05) is 12.1 Å². The number of hydrogen-bond donors (Lipinski definition) is 0. The second-order valence-electron chi connectivity index (χ2n) is 5.91. The SMILES string of the molecule is COc1cc(C2=NC(=Cc3ccc(OC(C)=O)cc3)C(=O)O2)cc(OC)c1OC. The summed E-state index contributed by atoms with van der Waals surface area (Å²) in [5.74, 6) is 0.797. The Morgan fingerprint density at radius 2 is 1.62 bits per heavy atom. The van der Waals surface area contributed by atoms with Gasteiger partial charge in [0.05, 0.1) is 21.3 Å². The molecule has 0 amide bonds. The molecular formula is C21H19NO7. The fourth-order valence-electron chi connectivity index (χ4n) is 2.69. The van der Waals surface area contributed by atoms with Gasteiger partial charge in [-0.3, -0.25) is 4.79 Å². The molecule has 1 heterocycles. The van der Waals surface area contributed by atoms with Gasteiger partial charge in [0, 0.05) is 12.5 Å². The van der Waals surface area contributed by atoms with E-state index in [1.54, 1.807) is 42.5 Å². The van der Waals surface area contributed by atoms with Crippen LogP contribution >= 0.6 is 0 Å². The lowest BCUT2D eigenvalue weighted by atomic mass is 10.1. The lowest BCUT2D eigenvalue weighted by molar-refractivity contribution is -0.132. The number of ether oxygens (including phenoxy) is 5. The molecule has 0 bridgehead atoms. The molecule has 1 aliphatic heterocycles. The summed E-state index contributed by atoms with van der Waals surface area (Å²) >= 11 is 0. The van der Waals surface area contributed by atoms with E-state index >= 15 is 0 Å². The smallest absolute Gasteiger partial charge is 0.363 e. The minimum atomic E-state index is -0.585. The molecule has 2 aromatic carbocycles. The third-order valence-electron chi connectivity index (χ3n) is 3.98. The topological polar surface area (TPSA) is 92.7 Å². The molecule has 0 unspecified atom stereocenters. The maximum Gasteiger partial charge on any atom is 0.363 e. The van der Waals surface area contributed by atoms with Crippen LogP contribution in [0.2, 0.25) is 0 Å². The second kappa shape index (κ2) is 8.47. The highest BCUT2D eigenvalue weighted by molar-refractivity contribution is 6.13. The molecule has 0 spiro atoms. The van der Waals surface area contributed by atoms with Crippen molar-refractivity contribution in [2.24, 2.45) is 4.99 Å². The molecule has 8 heteroatoms. The highest BCUT2D eigenvalue weighted by atomic mass is 16.6. The molecule has 0 aromatic heterocycles. The number of nitrogens with zero attached hydrogens (tertiary/aromatic N) is 1. The van der Waals surface area contributed by atoms with Gasteiger partial charge in [0.25, 0.3) is 0 Å². The standard InChI is InChI=1S/C21H19NO7/c1-12(23)28-15-7-5-13(6-8-15)9-16-21(24)29-20(22-16)14-10-17(25-2)19(27-4)18(11-14)26-3/h5-11H,1-4H3. The first kappa shape index (κ1) is 19.9. The van der Waals surface area contributed by atoms with Gasteiger partial charge in [-0.05, 0) is 35.9 Å². The van der Waals surface area contributed by atoms with Crippen LogP contribution in [0.5, 0.6) is 23.0 Å². The first-order valence-electron chi connectivity index (χ1n) is 8.56. The normalized spacial score (nSPS) is 14.3. The summed E-state index contributed by atoms with van der Waals surface area (Å²) in [6.07, 6.45) is 1.57. The monoisotopic (exact) mass is 397 g/mol. The number of aliphatic imine (C=N–C) groups is 1. The van der Waals surface area contributed by atoms with Crippen LogP contribution in [0.15, 0.2) is 47.1 Å². The molecule has 3 rings (SSSR count). The number of methoxy groups -OCH3 is 3. The van der Waals surface area contributed by atoms with E-state index in [0.29, 0.717) is 34.1 Å². The fourth-order valence-corrected chi connectivity index (χ4v) is 2.69. The van der Waals surface area contributed by atoms with Gasteiger partial charge >= 0.3 is 11.9 Å². The van der Waals surface area contributed by atoms with E-state index in [1.165, 1.54) is 28.3 Å². The van der Waals surface area contributed by atoms with Gasteiger partial charge < -0.3 is 23.7 Å². The number of benzene rings is 2. The highest BCUT2D eigenvalue weighted by Crippen LogP contribution is 2.39. The van der Waals surface area contributed by atoms with Crippen molar-refractivity contribution in [2.75, 3.05) is 21.3 Å². The summed E-state index contributed by atoms with van der Waals surface area (Å²) in [4.78, 5) is 27.5. The van der Waals surface area contributed by atoms with Crippen LogP contribution in [0.25, 0.3) is 6.08 Å². The second-order valence-corrected chi connectivity index (χ2v) is 5.91. The lowest BCUT2D eigenvalue weighted by Gasteiger charge is -2.13. The molecule has 0 radical (unpaired) electrons. The molecule has 0 fully saturated rings. The summed E-state index contributed by atoms with van der Waals surface area (Å²) in [6, 6.07) is 9.93. The van der Waals surface area contributed by atoms with Crippen molar-refractivity contribution in [1.29, 1.82) is 0 Å². The van der Waals surface area contributed by atoms with Crippen molar-refractivity contribution in [1.82, 2.24) is 0 Å². The number of hydrogen-bond acceptors (Lipinski definition) is 8. The number of esters is 2. The molecular weight excluding hydrogens is 378 g/mol. The largest absolute Gasteiger partial charge is 0.493 e. The van der Waals surface area contributed by atoms with E-state index in [0.717, 1.165) is 0 Å². The van der Waals surface area contributed by atoms with Crippen molar-refractivity contribution in [3.05, 3.63) is 53.2 Å². The maximum atomic E-state index is 12.2. The Morgan fingerprint density at radius 3 is 2.14 bits per heavy atom. The predicted octanol–water partition coefficient (Wildman–Crippen LogP) is 2.98. The lowest BCUT2D eigenvalue weighted by Crippen LogP contribution is -2.06.